The van der Waals surface area contributed by atoms with Gasteiger partial charge in [-0.15, -0.1) is 0 Å². The summed E-state index contributed by atoms with van der Waals surface area (Å²) in [6.45, 7) is 0.316. The second-order valence-electron chi connectivity index (χ2n) is 4.27. The molecule has 1 N–H and O–H groups in total. The van der Waals surface area contributed by atoms with Crippen molar-refractivity contribution in [1.82, 2.24) is 0 Å². The highest BCUT2D eigenvalue weighted by Gasteiger charge is 2.21. The van der Waals surface area contributed by atoms with Gasteiger partial charge in [-0.25, -0.2) is 0 Å². The molecule has 0 aromatic heterocycles. The van der Waals surface area contributed by atoms with Crippen molar-refractivity contribution >= 4 is 15.9 Å². The SMILES string of the molecule is OCCC[C@H]1CCCc2cccc(Br)c21. The number of aliphatic hydroxyl groups excluding tert-OH is 1. The molecule has 0 amide bonds. The molecule has 0 radical (unpaired) electrons. The van der Waals surface area contributed by atoms with Crippen molar-refractivity contribution in [2.75, 3.05) is 6.61 Å². The van der Waals surface area contributed by atoms with E-state index in [1.807, 2.05) is 0 Å². The van der Waals surface area contributed by atoms with Crippen molar-refractivity contribution in [2.45, 2.75) is 38.0 Å². The number of fused-ring (bicyclic) bond motifs is 1. The van der Waals surface area contributed by atoms with Crippen LogP contribution in [0.4, 0.5) is 0 Å². The van der Waals surface area contributed by atoms with E-state index in [9.17, 15) is 0 Å². The van der Waals surface area contributed by atoms with Gasteiger partial charge in [-0.2, -0.15) is 0 Å². The van der Waals surface area contributed by atoms with E-state index in [0.29, 0.717) is 12.5 Å². The molecule has 1 nitrogen and oxygen atoms in total. The van der Waals surface area contributed by atoms with Crippen LogP contribution in [-0.4, -0.2) is 11.7 Å². The summed E-state index contributed by atoms with van der Waals surface area (Å²) in [4.78, 5) is 0. The maximum atomic E-state index is 8.90. The Morgan fingerprint density at radius 2 is 2.27 bits per heavy atom. The van der Waals surface area contributed by atoms with E-state index >= 15 is 0 Å². The largest absolute Gasteiger partial charge is 0.396 e. The van der Waals surface area contributed by atoms with Crippen LogP contribution in [0.15, 0.2) is 22.7 Å². The lowest BCUT2D eigenvalue weighted by molar-refractivity contribution is 0.277. The van der Waals surface area contributed by atoms with Gasteiger partial charge in [0.25, 0.3) is 0 Å². The van der Waals surface area contributed by atoms with Gasteiger partial charge in [0.05, 0.1) is 0 Å². The maximum absolute atomic E-state index is 8.90. The third-order valence-electron chi connectivity index (χ3n) is 3.26. The van der Waals surface area contributed by atoms with E-state index in [4.69, 9.17) is 5.11 Å². The summed E-state index contributed by atoms with van der Waals surface area (Å²) in [5.74, 6) is 0.650. The van der Waals surface area contributed by atoms with Crippen LogP contribution in [0.5, 0.6) is 0 Å². The molecule has 1 aromatic rings. The summed E-state index contributed by atoms with van der Waals surface area (Å²) in [5, 5.41) is 8.90. The van der Waals surface area contributed by atoms with Crippen LogP contribution in [0.2, 0.25) is 0 Å². The van der Waals surface area contributed by atoms with Crippen LogP contribution in [0.25, 0.3) is 0 Å². The average Bonchev–Trinajstić information content (AvgIpc) is 2.26. The summed E-state index contributed by atoms with van der Waals surface area (Å²) in [6.07, 6.45) is 5.82. The summed E-state index contributed by atoms with van der Waals surface area (Å²) in [5.41, 5.74) is 3.00. The lowest BCUT2D eigenvalue weighted by Gasteiger charge is -2.26. The lowest BCUT2D eigenvalue weighted by Crippen LogP contribution is -2.11. The monoisotopic (exact) mass is 268 g/mol. The Kier molecular flexibility index (Phi) is 3.81. The molecule has 1 aromatic carbocycles. The molecule has 2 rings (SSSR count). The lowest BCUT2D eigenvalue weighted by atomic mass is 9.80. The molecule has 0 heterocycles. The Morgan fingerprint density at radius 3 is 3.07 bits per heavy atom. The number of rotatable bonds is 3. The first-order valence-corrected chi connectivity index (χ1v) is 6.50. The molecule has 82 valence electrons. The molecule has 15 heavy (non-hydrogen) atoms. The first-order valence-electron chi connectivity index (χ1n) is 5.71. The third-order valence-corrected chi connectivity index (χ3v) is 3.95. The minimum Gasteiger partial charge on any atom is -0.396 e. The van der Waals surface area contributed by atoms with Crippen molar-refractivity contribution in [2.24, 2.45) is 0 Å². The minimum absolute atomic E-state index is 0.316. The Bertz CT molecular complexity index is 335. The predicted molar refractivity (Wildman–Crippen MR) is 66.1 cm³/mol. The Balaban J connectivity index is 2.24. The molecular formula is C13H17BrO. The van der Waals surface area contributed by atoms with Crippen molar-refractivity contribution in [3.63, 3.8) is 0 Å². The fraction of sp³-hybridized carbons (Fsp3) is 0.538. The first kappa shape index (κ1) is 11.2. The summed E-state index contributed by atoms with van der Waals surface area (Å²) >= 11 is 3.65. The first-order chi connectivity index (χ1) is 7.33. The Morgan fingerprint density at radius 1 is 1.40 bits per heavy atom. The van der Waals surface area contributed by atoms with Gasteiger partial charge < -0.3 is 5.11 Å². The molecule has 1 aliphatic carbocycles. The molecule has 1 aliphatic rings. The van der Waals surface area contributed by atoms with Gasteiger partial charge in [-0.3, -0.25) is 0 Å². The van der Waals surface area contributed by atoms with Gasteiger partial charge in [0.1, 0.15) is 0 Å². The van der Waals surface area contributed by atoms with E-state index < -0.39 is 0 Å². The van der Waals surface area contributed by atoms with E-state index in [-0.39, 0.29) is 0 Å². The van der Waals surface area contributed by atoms with Crippen molar-refractivity contribution < 1.29 is 5.11 Å². The van der Waals surface area contributed by atoms with E-state index in [1.165, 1.54) is 34.9 Å². The molecule has 0 bridgehead atoms. The van der Waals surface area contributed by atoms with Crippen LogP contribution in [0.3, 0.4) is 0 Å². The van der Waals surface area contributed by atoms with Gasteiger partial charge in [0.15, 0.2) is 0 Å². The average molecular weight is 269 g/mol. The van der Waals surface area contributed by atoms with Crippen LogP contribution >= 0.6 is 15.9 Å². The number of hydrogen-bond acceptors (Lipinski definition) is 1. The van der Waals surface area contributed by atoms with Gasteiger partial charge >= 0.3 is 0 Å². The maximum Gasteiger partial charge on any atom is 0.0431 e. The molecule has 0 aliphatic heterocycles. The van der Waals surface area contributed by atoms with Crippen molar-refractivity contribution in [1.29, 1.82) is 0 Å². The predicted octanol–water partition coefficient (Wildman–Crippen LogP) is 3.64. The molecular weight excluding hydrogens is 252 g/mol. The highest BCUT2D eigenvalue weighted by Crippen LogP contribution is 2.38. The van der Waals surface area contributed by atoms with E-state index in [2.05, 4.69) is 34.1 Å². The van der Waals surface area contributed by atoms with Gasteiger partial charge in [0, 0.05) is 11.1 Å². The smallest absolute Gasteiger partial charge is 0.0431 e. The molecule has 0 spiro atoms. The fourth-order valence-corrected chi connectivity index (χ4v) is 3.30. The van der Waals surface area contributed by atoms with Crippen molar-refractivity contribution in [3.8, 4) is 0 Å². The zero-order valence-electron chi connectivity index (χ0n) is 8.88. The van der Waals surface area contributed by atoms with E-state index in [0.717, 1.165) is 12.8 Å². The molecule has 0 unspecified atom stereocenters. The van der Waals surface area contributed by atoms with Gasteiger partial charge in [0.2, 0.25) is 0 Å². The highest BCUT2D eigenvalue weighted by molar-refractivity contribution is 9.10. The number of hydrogen-bond donors (Lipinski definition) is 1. The van der Waals surface area contributed by atoms with Crippen LogP contribution < -0.4 is 0 Å². The quantitative estimate of drug-likeness (QED) is 0.888. The zero-order valence-corrected chi connectivity index (χ0v) is 10.5. The second-order valence-corrected chi connectivity index (χ2v) is 5.12. The van der Waals surface area contributed by atoms with Crippen LogP contribution in [0.1, 0.15) is 42.7 Å². The number of halogens is 1. The molecule has 0 saturated carbocycles. The number of aryl methyl sites for hydroxylation is 1. The van der Waals surface area contributed by atoms with E-state index in [1.54, 1.807) is 0 Å². The van der Waals surface area contributed by atoms with Gasteiger partial charge in [-0.1, -0.05) is 28.1 Å². The molecule has 0 saturated heterocycles. The third kappa shape index (κ3) is 2.43. The fourth-order valence-electron chi connectivity index (χ4n) is 2.57. The second kappa shape index (κ2) is 5.13. The molecule has 2 heteroatoms. The Labute approximate surface area is 99.6 Å². The minimum atomic E-state index is 0.316. The standard InChI is InChI=1S/C13H17BrO/c14-12-8-2-6-10-4-1-5-11(13(10)12)7-3-9-15/h2,6,8,11,15H,1,3-5,7,9H2/t11-/m1/s1. The normalized spacial score (nSPS) is 20.0. The summed E-state index contributed by atoms with van der Waals surface area (Å²) in [6, 6.07) is 6.50. The molecule has 1 atom stereocenters. The number of benzene rings is 1. The zero-order chi connectivity index (χ0) is 10.7. The highest BCUT2D eigenvalue weighted by atomic mass is 79.9. The topological polar surface area (TPSA) is 20.2 Å². The molecule has 0 fully saturated rings. The Hall–Kier alpha value is -0.340. The van der Waals surface area contributed by atoms with Crippen LogP contribution in [0, 0.1) is 0 Å². The van der Waals surface area contributed by atoms with Gasteiger partial charge in [-0.05, 0) is 55.2 Å². The number of aliphatic hydroxyl groups is 1. The summed E-state index contributed by atoms with van der Waals surface area (Å²) in [7, 11) is 0. The van der Waals surface area contributed by atoms with Crippen LogP contribution in [-0.2, 0) is 6.42 Å². The summed E-state index contributed by atoms with van der Waals surface area (Å²) < 4.78 is 1.25. The van der Waals surface area contributed by atoms with Crippen molar-refractivity contribution in [3.05, 3.63) is 33.8 Å².